The summed E-state index contributed by atoms with van der Waals surface area (Å²) >= 11 is 5.88. The van der Waals surface area contributed by atoms with E-state index in [2.05, 4.69) is 22.2 Å². The monoisotopic (exact) mass is 333 g/mol. The number of fused-ring (bicyclic) bond motifs is 1. The number of hydrogen-bond acceptors (Lipinski definition) is 4. The largest absolute Gasteiger partial charge is 0.233 e. The van der Waals surface area contributed by atoms with E-state index in [9.17, 15) is 10.5 Å². The van der Waals surface area contributed by atoms with Crippen molar-refractivity contribution < 1.29 is 0 Å². The van der Waals surface area contributed by atoms with Gasteiger partial charge < -0.3 is 0 Å². The van der Waals surface area contributed by atoms with Crippen LogP contribution in [-0.2, 0) is 0 Å². The average Bonchev–Trinajstić information content (AvgIpc) is 2.93. The number of aryl methyl sites for hydroxylation is 2. The Labute approximate surface area is 144 Å². The molecule has 0 saturated carbocycles. The van der Waals surface area contributed by atoms with Crippen molar-refractivity contribution >= 4 is 28.9 Å². The molecule has 3 rings (SSSR count). The molecule has 1 aromatic carbocycles. The summed E-state index contributed by atoms with van der Waals surface area (Å²) in [5, 5.41) is 24.1. The molecule has 6 heteroatoms. The van der Waals surface area contributed by atoms with Crippen LogP contribution in [0.1, 0.15) is 28.2 Å². The fourth-order valence-corrected chi connectivity index (χ4v) is 2.62. The number of rotatable bonds is 2. The van der Waals surface area contributed by atoms with Crippen LogP contribution in [0.3, 0.4) is 0 Å². The Balaban J connectivity index is 2.24. The molecule has 5 nitrogen and oxygen atoms in total. The van der Waals surface area contributed by atoms with E-state index in [1.54, 1.807) is 34.9 Å². The molecule has 0 aliphatic heterocycles. The van der Waals surface area contributed by atoms with E-state index in [0.29, 0.717) is 27.5 Å². The lowest BCUT2D eigenvalue weighted by atomic mass is 10.1. The van der Waals surface area contributed by atoms with Crippen LogP contribution in [0, 0.1) is 36.5 Å². The Kier molecular flexibility index (Phi) is 4.04. The third kappa shape index (κ3) is 2.74. The van der Waals surface area contributed by atoms with Gasteiger partial charge in [-0.3, -0.25) is 0 Å². The van der Waals surface area contributed by atoms with Crippen LogP contribution in [-0.4, -0.2) is 14.6 Å². The molecule has 116 valence electrons. The Morgan fingerprint density at radius 2 is 1.92 bits per heavy atom. The van der Waals surface area contributed by atoms with Crippen molar-refractivity contribution in [2.75, 3.05) is 0 Å². The molecule has 0 atom stereocenters. The first-order valence-electron chi connectivity index (χ1n) is 7.18. The summed E-state index contributed by atoms with van der Waals surface area (Å²) in [6.45, 7) is 3.74. The first-order valence-corrected chi connectivity index (χ1v) is 7.56. The topological polar surface area (TPSA) is 77.8 Å². The van der Waals surface area contributed by atoms with E-state index in [0.717, 1.165) is 17.0 Å². The highest BCUT2D eigenvalue weighted by atomic mass is 35.5. The summed E-state index contributed by atoms with van der Waals surface area (Å²) in [4.78, 5) is 4.39. The normalized spacial score (nSPS) is 11.3. The van der Waals surface area contributed by atoms with Crippen molar-refractivity contribution in [1.29, 1.82) is 10.5 Å². The molecule has 0 radical (unpaired) electrons. The summed E-state index contributed by atoms with van der Waals surface area (Å²) in [7, 11) is 0. The van der Waals surface area contributed by atoms with E-state index in [-0.39, 0.29) is 0 Å². The van der Waals surface area contributed by atoms with Gasteiger partial charge in [0.15, 0.2) is 5.65 Å². The minimum Gasteiger partial charge on any atom is -0.233 e. The number of allylic oxidation sites excluding steroid dienone is 1. The summed E-state index contributed by atoms with van der Waals surface area (Å²) < 4.78 is 1.59. The van der Waals surface area contributed by atoms with E-state index in [1.807, 2.05) is 19.9 Å². The predicted octanol–water partition coefficient (Wildman–Crippen LogP) is 3.94. The van der Waals surface area contributed by atoms with E-state index < -0.39 is 0 Å². The number of benzene rings is 1. The van der Waals surface area contributed by atoms with Crippen LogP contribution < -0.4 is 0 Å². The minimum atomic E-state index is 0.295. The second kappa shape index (κ2) is 6.16. The lowest BCUT2D eigenvalue weighted by molar-refractivity contribution is 0.880. The van der Waals surface area contributed by atoms with Gasteiger partial charge in [0, 0.05) is 16.4 Å². The highest BCUT2D eigenvalue weighted by Gasteiger charge is 2.18. The zero-order chi connectivity index (χ0) is 17.3. The number of nitriles is 2. The minimum absolute atomic E-state index is 0.295. The van der Waals surface area contributed by atoms with Gasteiger partial charge in [0.2, 0.25) is 0 Å². The van der Waals surface area contributed by atoms with Crippen molar-refractivity contribution in [2.45, 2.75) is 13.8 Å². The molecule has 0 aliphatic rings. The molecule has 0 unspecified atom stereocenters. The van der Waals surface area contributed by atoms with Gasteiger partial charge in [-0.15, -0.1) is 0 Å². The van der Waals surface area contributed by atoms with Gasteiger partial charge >= 0.3 is 0 Å². The van der Waals surface area contributed by atoms with Crippen molar-refractivity contribution in [3.8, 4) is 12.1 Å². The van der Waals surface area contributed by atoms with Crippen molar-refractivity contribution in [2.24, 2.45) is 0 Å². The van der Waals surface area contributed by atoms with E-state index in [1.165, 1.54) is 0 Å². The maximum atomic E-state index is 9.54. The van der Waals surface area contributed by atoms with Crippen LogP contribution in [0.15, 0.2) is 30.3 Å². The van der Waals surface area contributed by atoms with Gasteiger partial charge in [-0.25, -0.2) is 9.50 Å². The maximum Gasteiger partial charge on any atom is 0.174 e. The van der Waals surface area contributed by atoms with Crippen LogP contribution in [0.5, 0.6) is 0 Å². The van der Waals surface area contributed by atoms with E-state index in [4.69, 9.17) is 11.6 Å². The first-order chi connectivity index (χ1) is 11.5. The molecule has 0 bridgehead atoms. The predicted molar refractivity (Wildman–Crippen MR) is 92.1 cm³/mol. The second-order valence-electron chi connectivity index (χ2n) is 5.33. The fraction of sp³-hybridized carbons (Fsp3) is 0.111. The Bertz CT molecular complexity index is 1050. The van der Waals surface area contributed by atoms with Crippen LogP contribution >= 0.6 is 11.6 Å². The third-order valence-electron chi connectivity index (χ3n) is 3.56. The third-order valence-corrected chi connectivity index (χ3v) is 3.82. The number of hydrogen-bond donors (Lipinski definition) is 0. The van der Waals surface area contributed by atoms with Gasteiger partial charge in [0.25, 0.3) is 0 Å². The highest BCUT2D eigenvalue weighted by molar-refractivity contribution is 6.30. The number of nitrogens with zero attached hydrogens (tertiary/aromatic N) is 5. The first kappa shape index (κ1) is 15.7. The summed E-state index contributed by atoms with van der Waals surface area (Å²) in [6.07, 6.45) is 1.68. The Hall–Kier alpha value is -3.15. The molecule has 0 spiro atoms. The Morgan fingerprint density at radius 1 is 1.21 bits per heavy atom. The molecule has 0 N–H and O–H groups in total. The Morgan fingerprint density at radius 3 is 2.54 bits per heavy atom. The molecule has 0 amide bonds. The van der Waals surface area contributed by atoms with Crippen molar-refractivity contribution in [3.05, 3.63) is 63.6 Å². The van der Waals surface area contributed by atoms with E-state index >= 15 is 0 Å². The van der Waals surface area contributed by atoms with Crippen molar-refractivity contribution in [1.82, 2.24) is 14.6 Å². The summed E-state index contributed by atoms with van der Waals surface area (Å²) in [6, 6.07) is 13.2. The number of halogens is 1. The van der Waals surface area contributed by atoms with Gasteiger partial charge in [0.05, 0.1) is 5.57 Å². The van der Waals surface area contributed by atoms with Crippen LogP contribution in [0.2, 0.25) is 5.02 Å². The lowest BCUT2D eigenvalue weighted by Crippen LogP contribution is -1.97. The zero-order valence-corrected chi connectivity index (χ0v) is 13.8. The van der Waals surface area contributed by atoms with Gasteiger partial charge in [-0.05, 0) is 43.7 Å². The lowest BCUT2D eigenvalue weighted by Gasteiger charge is -1.99. The van der Waals surface area contributed by atoms with Gasteiger partial charge in [-0.2, -0.15) is 15.6 Å². The maximum absolute atomic E-state index is 9.54. The smallest absolute Gasteiger partial charge is 0.174 e. The zero-order valence-electron chi connectivity index (χ0n) is 13.1. The standard InChI is InChI=1S/C18H12ClN5/c1-11-7-12(2)24-18(22-11)16(10-21)17(23-24)14(9-20)8-13-3-5-15(19)6-4-13/h3-8H,1-2H3. The highest BCUT2D eigenvalue weighted by Crippen LogP contribution is 2.24. The van der Waals surface area contributed by atoms with Gasteiger partial charge in [-0.1, -0.05) is 23.7 Å². The van der Waals surface area contributed by atoms with Crippen molar-refractivity contribution in [3.63, 3.8) is 0 Å². The molecule has 24 heavy (non-hydrogen) atoms. The average molecular weight is 334 g/mol. The second-order valence-corrected chi connectivity index (χ2v) is 5.77. The molecule has 2 aromatic heterocycles. The van der Waals surface area contributed by atoms with Crippen LogP contribution in [0.25, 0.3) is 17.3 Å². The molecular weight excluding hydrogens is 322 g/mol. The fourth-order valence-electron chi connectivity index (χ4n) is 2.49. The summed E-state index contributed by atoms with van der Waals surface area (Å²) in [5.74, 6) is 0. The number of aromatic nitrogens is 3. The molecule has 0 aliphatic carbocycles. The SMILES string of the molecule is Cc1cc(C)n2nc(C(C#N)=Cc3ccc(Cl)cc3)c(C#N)c2n1. The summed E-state index contributed by atoms with van der Waals surface area (Å²) in [5.41, 5.74) is 3.84. The molecular formula is C18H12ClN5. The molecule has 3 aromatic rings. The van der Waals surface area contributed by atoms with Crippen LogP contribution in [0.4, 0.5) is 0 Å². The molecule has 0 saturated heterocycles. The molecule has 2 heterocycles. The van der Waals surface area contributed by atoms with Gasteiger partial charge in [0.1, 0.15) is 23.4 Å². The molecule has 0 fully saturated rings. The quantitative estimate of drug-likeness (QED) is 0.665.